The quantitative estimate of drug-likeness (QED) is 0.822. The van der Waals surface area contributed by atoms with E-state index in [0.29, 0.717) is 8.95 Å². The van der Waals surface area contributed by atoms with E-state index in [1.165, 1.54) is 6.42 Å². The summed E-state index contributed by atoms with van der Waals surface area (Å²) in [6, 6.07) is 3.85. The largest absolute Gasteiger partial charge is 0.506 e. The van der Waals surface area contributed by atoms with Crippen molar-refractivity contribution in [1.82, 2.24) is 5.32 Å². The second kappa shape index (κ2) is 5.90. The summed E-state index contributed by atoms with van der Waals surface area (Å²) in [6.07, 6.45) is 3.53. The van der Waals surface area contributed by atoms with Gasteiger partial charge in [0, 0.05) is 20.2 Å². The maximum absolute atomic E-state index is 9.64. The van der Waals surface area contributed by atoms with Gasteiger partial charge in [-0.1, -0.05) is 0 Å². The van der Waals surface area contributed by atoms with Crippen molar-refractivity contribution in [3.63, 3.8) is 0 Å². The van der Waals surface area contributed by atoms with Crippen LogP contribution in [0.4, 0.5) is 0 Å². The molecule has 18 heavy (non-hydrogen) atoms. The van der Waals surface area contributed by atoms with Crippen molar-refractivity contribution in [3.8, 4) is 5.75 Å². The Balaban J connectivity index is 1.90. The van der Waals surface area contributed by atoms with E-state index < -0.39 is 0 Å². The maximum Gasteiger partial charge on any atom is 0.143 e. The lowest BCUT2D eigenvalue weighted by atomic mass is 9.80. The standard InChI is InChI=1S/C13H17Br2NO2/c1-18-13(3-2-4-13)8-16-7-9-5-10(14)12(17)11(15)6-9/h5-6,16-17H,2-4,7-8H2,1H3. The van der Waals surface area contributed by atoms with Crippen LogP contribution in [-0.2, 0) is 11.3 Å². The van der Waals surface area contributed by atoms with Crippen molar-refractivity contribution in [2.24, 2.45) is 0 Å². The van der Waals surface area contributed by atoms with E-state index >= 15 is 0 Å². The summed E-state index contributed by atoms with van der Waals surface area (Å²) >= 11 is 6.67. The molecule has 3 nitrogen and oxygen atoms in total. The van der Waals surface area contributed by atoms with Crippen molar-refractivity contribution < 1.29 is 9.84 Å². The second-order valence-electron chi connectivity index (χ2n) is 4.75. The number of halogens is 2. The normalized spacial score (nSPS) is 17.5. The van der Waals surface area contributed by atoms with Gasteiger partial charge in [-0.3, -0.25) is 0 Å². The van der Waals surface area contributed by atoms with Crippen LogP contribution in [0.1, 0.15) is 24.8 Å². The van der Waals surface area contributed by atoms with Crippen LogP contribution in [0.25, 0.3) is 0 Å². The molecule has 100 valence electrons. The zero-order chi connectivity index (χ0) is 13.2. The third kappa shape index (κ3) is 3.07. The molecular weight excluding hydrogens is 362 g/mol. The lowest BCUT2D eigenvalue weighted by Gasteiger charge is -2.40. The lowest BCUT2D eigenvalue weighted by molar-refractivity contribution is -0.0695. The highest BCUT2D eigenvalue weighted by molar-refractivity contribution is 9.11. The van der Waals surface area contributed by atoms with E-state index in [-0.39, 0.29) is 11.4 Å². The van der Waals surface area contributed by atoms with Crippen LogP contribution in [0.2, 0.25) is 0 Å². The monoisotopic (exact) mass is 377 g/mol. The molecule has 0 bridgehead atoms. The van der Waals surface area contributed by atoms with Gasteiger partial charge in [-0.15, -0.1) is 0 Å². The Kier molecular flexibility index (Phi) is 4.69. The van der Waals surface area contributed by atoms with Crippen LogP contribution >= 0.6 is 31.9 Å². The third-order valence-electron chi connectivity index (χ3n) is 3.55. The van der Waals surface area contributed by atoms with E-state index in [2.05, 4.69) is 37.2 Å². The molecule has 0 unspecified atom stereocenters. The fourth-order valence-electron chi connectivity index (χ4n) is 2.18. The van der Waals surface area contributed by atoms with Crippen LogP contribution in [0, 0.1) is 0 Å². The lowest BCUT2D eigenvalue weighted by Crippen LogP contribution is -2.47. The zero-order valence-corrected chi connectivity index (χ0v) is 13.5. The van der Waals surface area contributed by atoms with Crippen molar-refractivity contribution >= 4 is 31.9 Å². The molecule has 1 aliphatic rings. The summed E-state index contributed by atoms with van der Waals surface area (Å²) in [7, 11) is 1.79. The molecule has 1 saturated carbocycles. The molecule has 1 aliphatic carbocycles. The van der Waals surface area contributed by atoms with Gasteiger partial charge in [-0.2, -0.15) is 0 Å². The highest BCUT2D eigenvalue weighted by Crippen LogP contribution is 2.35. The number of methoxy groups -OCH3 is 1. The summed E-state index contributed by atoms with van der Waals surface area (Å²) in [5.74, 6) is 0.242. The Morgan fingerprint density at radius 3 is 2.39 bits per heavy atom. The summed E-state index contributed by atoms with van der Waals surface area (Å²) in [6.45, 7) is 1.64. The predicted molar refractivity (Wildman–Crippen MR) is 78.8 cm³/mol. The predicted octanol–water partition coefficient (Wildman–Crippen LogP) is 3.58. The molecule has 5 heteroatoms. The smallest absolute Gasteiger partial charge is 0.143 e. The number of phenols is 1. The first-order chi connectivity index (χ1) is 8.56. The molecule has 0 heterocycles. The van der Waals surface area contributed by atoms with E-state index in [1.807, 2.05) is 12.1 Å². The summed E-state index contributed by atoms with van der Waals surface area (Å²) in [5.41, 5.74) is 1.17. The summed E-state index contributed by atoms with van der Waals surface area (Å²) < 4.78 is 6.97. The first-order valence-electron chi connectivity index (χ1n) is 5.99. The van der Waals surface area contributed by atoms with Crippen molar-refractivity contribution in [2.75, 3.05) is 13.7 Å². The molecule has 1 aromatic rings. The number of aromatic hydroxyl groups is 1. The van der Waals surface area contributed by atoms with Gasteiger partial charge in [-0.25, -0.2) is 0 Å². The van der Waals surface area contributed by atoms with Gasteiger partial charge in [-0.05, 0) is 68.8 Å². The van der Waals surface area contributed by atoms with Gasteiger partial charge in [0.15, 0.2) is 0 Å². The molecule has 0 amide bonds. The first kappa shape index (κ1) is 14.3. The molecule has 0 atom stereocenters. The minimum absolute atomic E-state index is 0.0470. The zero-order valence-electron chi connectivity index (χ0n) is 10.3. The Morgan fingerprint density at radius 2 is 1.94 bits per heavy atom. The molecule has 2 rings (SSSR count). The van der Waals surface area contributed by atoms with Crippen molar-refractivity contribution in [3.05, 3.63) is 26.6 Å². The molecule has 1 aromatic carbocycles. The molecule has 2 N–H and O–H groups in total. The van der Waals surface area contributed by atoms with Crippen LogP contribution in [0.5, 0.6) is 5.75 Å². The maximum atomic E-state index is 9.64. The van der Waals surface area contributed by atoms with Gasteiger partial charge in [0.2, 0.25) is 0 Å². The Labute approximate surface area is 124 Å². The average Bonchev–Trinajstić information content (AvgIpc) is 2.29. The molecule has 0 saturated heterocycles. The number of nitrogens with one attached hydrogen (secondary N) is 1. The van der Waals surface area contributed by atoms with E-state index in [9.17, 15) is 5.11 Å². The Morgan fingerprint density at radius 1 is 1.33 bits per heavy atom. The molecule has 0 radical (unpaired) electrons. The SMILES string of the molecule is COC1(CNCc2cc(Br)c(O)c(Br)c2)CCC1. The molecule has 0 aromatic heterocycles. The number of hydrogen-bond donors (Lipinski definition) is 2. The number of phenolic OH excluding ortho intramolecular Hbond substituents is 1. The third-order valence-corrected chi connectivity index (χ3v) is 4.76. The van der Waals surface area contributed by atoms with Gasteiger partial charge >= 0.3 is 0 Å². The van der Waals surface area contributed by atoms with Crippen molar-refractivity contribution in [1.29, 1.82) is 0 Å². The summed E-state index contributed by atoms with van der Waals surface area (Å²) in [4.78, 5) is 0. The molecule has 0 aliphatic heterocycles. The minimum atomic E-state index is 0.0470. The Hall–Kier alpha value is -0.100. The minimum Gasteiger partial charge on any atom is -0.506 e. The molecule has 0 spiro atoms. The van der Waals surface area contributed by atoms with Gasteiger partial charge < -0.3 is 15.2 Å². The van der Waals surface area contributed by atoms with Crippen LogP contribution in [-0.4, -0.2) is 24.4 Å². The van der Waals surface area contributed by atoms with Gasteiger partial charge in [0.1, 0.15) is 5.75 Å². The highest BCUT2D eigenvalue weighted by atomic mass is 79.9. The number of benzene rings is 1. The Bertz CT molecular complexity index is 404. The second-order valence-corrected chi connectivity index (χ2v) is 6.46. The number of hydrogen-bond acceptors (Lipinski definition) is 3. The van der Waals surface area contributed by atoms with Crippen LogP contribution < -0.4 is 5.32 Å². The van der Waals surface area contributed by atoms with Crippen LogP contribution in [0.15, 0.2) is 21.1 Å². The van der Waals surface area contributed by atoms with Gasteiger partial charge in [0.25, 0.3) is 0 Å². The van der Waals surface area contributed by atoms with E-state index in [1.54, 1.807) is 7.11 Å². The van der Waals surface area contributed by atoms with E-state index in [0.717, 1.165) is 31.5 Å². The fourth-order valence-corrected chi connectivity index (χ4v) is 3.46. The fraction of sp³-hybridized carbons (Fsp3) is 0.538. The average molecular weight is 379 g/mol. The van der Waals surface area contributed by atoms with Gasteiger partial charge in [0.05, 0.1) is 14.5 Å². The highest BCUT2D eigenvalue weighted by Gasteiger charge is 2.36. The first-order valence-corrected chi connectivity index (χ1v) is 7.58. The topological polar surface area (TPSA) is 41.5 Å². The summed E-state index contributed by atoms with van der Waals surface area (Å²) in [5, 5.41) is 13.1. The number of rotatable bonds is 5. The molecular formula is C13H17Br2NO2. The van der Waals surface area contributed by atoms with Crippen LogP contribution in [0.3, 0.4) is 0 Å². The van der Waals surface area contributed by atoms with E-state index in [4.69, 9.17) is 4.74 Å². The molecule has 1 fully saturated rings. The number of ether oxygens (including phenoxy) is 1. The van der Waals surface area contributed by atoms with Crippen molar-refractivity contribution in [2.45, 2.75) is 31.4 Å².